The van der Waals surface area contributed by atoms with Crippen molar-refractivity contribution in [2.24, 2.45) is 28.7 Å². The second-order valence-electron chi connectivity index (χ2n) is 15.6. The smallest absolute Gasteiger partial charge is 0.327 e. The van der Waals surface area contributed by atoms with Crippen LogP contribution in [0, 0.1) is 0 Å². The van der Waals surface area contributed by atoms with Crippen LogP contribution in [-0.4, -0.2) is 185 Å². The summed E-state index contributed by atoms with van der Waals surface area (Å²) in [6.07, 6.45) is -10.8. The number of carbonyl (C=O) groups is 4. The normalized spacial score (nSPS) is 41.3. The Kier molecular flexibility index (Phi) is 14.8. The Labute approximate surface area is 337 Å². The van der Waals surface area contributed by atoms with Crippen LogP contribution >= 0.6 is 11.8 Å². The Morgan fingerprint density at radius 2 is 1.48 bits per heavy atom. The number of nitrogens with zero attached hydrogens (tertiary/aromatic N) is 1. The van der Waals surface area contributed by atoms with Gasteiger partial charge in [0.05, 0.1) is 30.9 Å². The molecular weight excluding hydrogens is 790 g/mol. The number of aliphatic hydroxyl groups excluding tert-OH is 5. The third-order valence-corrected chi connectivity index (χ3v) is 12.6. The molecule has 4 heterocycles. The molecule has 1 saturated carbocycles. The summed E-state index contributed by atoms with van der Waals surface area (Å²) in [6, 6.07) is 2.84. The second-order valence-corrected chi connectivity index (χ2v) is 17.3. The molecule has 2 amide bonds. The number of benzene rings is 1. The molecule has 18 N–H and O–H groups in total. The predicted molar refractivity (Wildman–Crippen MR) is 201 cm³/mol. The number of nitrogens with one attached hydrogen (secondary N) is 1. The predicted octanol–water partition coefficient (Wildman–Crippen LogP) is -5.81. The minimum atomic E-state index is -1.44. The third kappa shape index (κ3) is 9.28. The molecule has 0 aromatic heterocycles. The fraction of sp³-hybridized carbons (Fsp3) is 0.714. The van der Waals surface area contributed by atoms with Gasteiger partial charge in [-0.05, 0) is 32.3 Å². The van der Waals surface area contributed by atoms with Gasteiger partial charge in [-0.1, -0.05) is 30.3 Å². The second kappa shape index (κ2) is 18.7. The lowest BCUT2D eigenvalue weighted by atomic mass is 9.84. The molecule has 5 fully saturated rings. The van der Waals surface area contributed by atoms with E-state index in [9.17, 15) is 54.9 Å². The average molecular weight is 846 g/mol. The number of hydrogen-bond donors (Lipinski definition) is 13. The van der Waals surface area contributed by atoms with E-state index in [1.165, 1.54) is 28.8 Å². The first-order valence-electron chi connectivity index (χ1n) is 18.7. The van der Waals surface area contributed by atoms with E-state index >= 15 is 0 Å². The zero-order valence-electron chi connectivity index (χ0n) is 31.7. The summed E-state index contributed by atoms with van der Waals surface area (Å²) < 4.78 is 22.0. The number of β-lactam (4-membered cyclic amide) rings is 1. The number of carboxylic acids is 2. The van der Waals surface area contributed by atoms with E-state index in [2.05, 4.69) is 5.32 Å². The van der Waals surface area contributed by atoms with E-state index in [-0.39, 0.29) is 19.4 Å². The first kappa shape index (κ1) is 46.0. The molecule has 5 aliphatic rings. The molecule has 4 aliphatic heterocycles. The minimum absolute atomic E-state index is 0.0542. The van der Waals surface area contributed by atoms with Crippen molar-refractivity contribution in [3.8, 4) is 0 Å². The highest BCUT2D eigenvalue weighted by Gasteiger charge is 2.64. The SMILES string of the molecule is CC1(C)S[C@@H]2[C@H](NC(=O)C(C(=O)O)c3ccccc3)C(=O)N2[C@H]1C(=O)O.NC[C@H]1O[C@H](O[C@H]2[C@H](O)[C@@H](O[C@H]3O[C@H](CO)[C@@H](O)[C@H](N)[C@H]3O)[C@H](N)C[C@@H]2N)[C@H](N)C[C@@H]1O. The molecule has 0 spiro atoms. The van der Waals surface area contributed by atoms with E-state index in [1.807, 2.05) is 0 Å². The molecule has 1 aromatic rings. The van der Waals surface area contributed by atoms with Gasteiger partial charge in [0.1, 0.15) is 54.1 Å². The van der Waals surface area contributed by atoms with Crippen molar-refractivity contribution in [2.45, 2.75) is 140 Å². The van der Waals surface area contributed by atoms with Crippen LogP contribution in [0.4, 0.5) is 0 Å². The number of carbonyl (C=O) groups excluding carboxylic acids is 2. The molecule has 1 aliphatic carbocycles. The lowest BCUT2D eigenvalue weighted by Gasteiger charge is -2.47. The molecular formula is C35H55N7O15S. The van der Waals surface area contributed by atoms with Gasteiger partial charge in [0.15, 0.2) is 18.5 Å². The monoisotopic (exact) mass is 845 g/mol. The van der Waals surface area contributed by atoms with Crippen LogP contribution in [0.15, 0.2) is 30.3 Å². The van der Waals surface area contributed by atoms with Gasteiger partial charge in [0.25, 0.3) is 0 Å². The molecule has 4 saturated heterocycles. The molecule has 1 unspecified atom stereocenters. The van der Waals surface area contributed by atoms with Crippen LogP contribution in [0.25, 0.3) is 0 Å². The van der Waals surface area contributed by atoms with Crippen LogP contribution < -0.4 is 34.0 Å². The number of ether oxygens (including phenoxy) is 4. The standard InChI is InChI=1S/C18H37N5O9.C17H18N2O6S/c19-3-9-8(25)2-7(22)17(29-9)31-15-5(20)1-6(21)16(14(15)28)32-18-13(27)11(23)12(26)10(4-24)30-18;1-17(2)11(16(24)25)19-13(21)10(14(19)26-17)18-12(20)9(15(22)23)8-6-4-3-5-7-8/h5-18,24-28H,1-4,19-23H2;3-7,9-11,14H,1-2H3,(H,18,20)(H,22,23)(H,24,25)/t5-,6+,7+,8-,9+,10+,11-,12+,13+,14-,15+,16-,17+,18+;9?,10-,11+,14-/m01/s1. The maximum absolute atomic E-state index is 12.5. The van der Waals surface area contributed by atoms with E-state index < -0.39 is 144 Å². The Bertz CT molecular complexity index is 1620. The Morgan fingerprint density at radius 1 is 0.897 bits per heavy atom. The number of nitrogens with two attached hydrogens (primary N) is 5. The zero-order chi connectivity index (χ0) is 43.0. The van der Waals surface area contributed by atoms with Crippen molar-refractivity contribution >= 4 is 35.5 Å². The van der Waals surface area contributed by atoms with Gasteiger partial charge < -0.3 is 93.6 Å². The van der Waals surface area contributed by atoms with Crippen molar-refractivity contribution in [1.82, 2.24) is 10.2 Å². The summed E-state index contributed by atoms with van der Waals surface area (Å²) in [5, 5.41) is 71.5. The van der Waals surface area contributed by atoms with Gasteiger partial charge in [-0.2, -0.15) is 0 Å². The summed E-state index contributed by atoms with van der Waals surface area (Å²) in [6.45, 7) is 2.96. The maximum Gasteiger partial charge on any atom is 0.327 e. The fourth-order valence-electron chi connectivity index (χ4n) is 7.86. The molecule has 0 bridgehead atoms. The van der Waals surface area contributed by atoms with Gasteiger partial charge in [-0.25, -0.2) is 4.79 Å². The van der Waals surface area contributed by atoms with Gasteiger partial charge in [0, 0.05) is 23.4 Å². The zero-order valence-corrected chi connectivity index (χ0v) is 32.6. The molecule has 326 valence electrons. The molecule has 23 heteroatoms. The lowest BCUT2D eigenvalue weighted by Crippen LogP contribution is -2.71. The minimum Gasteiger partial charge on any atom is -0.480 e. The number of aliphatic hydroxyl groups is 5. The quantitative estimate of drug-likeness (QED) is 0.0729. The number of carboxylic acid groups (broad SMARTS) is 2. The highest BCUT2D eigenvalue weighted by Crippen LogP contribution is 2.51. The van der Waals surface area contributed by atoms with Crippen LogP contribution in [0.5, 0.6) is 0 Å². The maximum atomic E-state index is 12.5. The number of aliphatic carboxylic acids is 2. The summed E-state index contributed by atoms with van der Waals surface area (Å²) in [5.74, 6) is -5.16. The average Bonchev–Trinajstić information content (AvgIpc) is 3.42. The number of amides is 2. The van der Waals surface area contributed by atoms with E-state index in [1.54, 1.807) is 32.0 Å². The number of hydrogen-bond acceptors (Lipinski definition) is 19. The summed E-state index contributed by atoms with van der Waals surface area (Å²) in [4.78, 5) is 49.2. The first-order valence-corrected chi connectivity index (χ1v) is 19.6. The first-order chi connectivity index (χ1) is 27.2. The van der Waals surface area contributed by atoms with Crippen LogP contribution in [0.3, 0.4) is 0 Å². The van der Waals surface area contributed by atoms with E-state index in [0.29, 0.717) is 5.56 Å². The number of fused-ring (bicyclic) bond motifs is 1. The summed E-state index contributed by atoms with van der Waals surface area (Å²) in [7, 11) is 0. The topological polar surface area (TPSA) is 392 Å². The van der Waals surface area contributed by atoms with Crippen LogP contribution in [0.1, 0.15) is 38.2 Å². The molecule has 18 atom stereocenters. The van der Waals surface area contributed by atoms with Gasteiger partial charge in [0.2, 0.25) is 11.8 Å². The van der Waals surface area contributed by atoms with Gasteiger partial charge >= 0.3 is 11.9 Å². The van der Waals surface area contributed by atoms with Crippen molar-refractivity contribution in [1.29, 1.82) is 0 Å². The van der Waals surface area contributed by atoms with Gasteiger partial charge in [-0.3, -0.25) is 14.4 Å². The van der Waals surface area contributed by atoms with Crippen molar-refractivity contribution in [2.75, 3.05) is 13.2 Å². The molecule has 58 heavy (non-hydrogen) atoms. The van der Waals surface area contributed by atoms with Crippen molar-refractivity contribution in [3.05, 3.63) is 35.9 Å². The molecule has 22 nitrogen and oxygen atoms in total. The summed E-state index contributed by atoms with van der Waals surface area (Å²) >= 11 is 1.29. The Hall–Kier alpha value is -3.11. The fourth-order valence-corrected chi connectivity index (χ4v) is 9.49. The molecule has 0 radical (unpaired) electrons. The Balaban J connectivity index is 0.000000226. The summed E-state index contributed by atoms with van der Waals surface area (Å²) in [5.41, 5.74) is 30.1. The third-order valence-electron chi connectivity index (χ3n) is 11.0. The van der Waals surface area contributed by atoms with E-state index in [4.69, 9.17) is 47.6 Å². The van der Waals surface area contributed by atoms with E-state index in [0.717, 1.165) is 0 Å². The largest absolute Gasteiger partial charge is 0.480 e. The lowest BCUT2D eigenvalue weighted by molar-refractivity contribution is -0.314. The molecule has 6 rings (SSSR count). The van der Waals surface area contributed by atoms with Crippen molar-refractivity contribution < 1.29 is 73.9 Å². The highest BCUT2D eigenvalue weighted by molar-refractivity contribution is 8.01. The molecule has 1 aromatic carbocycles. The van der Waals surface area contributed by atoms with Crippen LogP contribution in [-0.2, 0) is 38.1 Å². The highest BCUT2D eigenvalue weighted by atomic mass is 32.2. The van der Waals surface area contributed by atoms with Crippen molar-refractivity contribution in [3.63, 3.8) is 0 Å². The number of rotatable bonds is 11. The number of thioether (sulfide) groups is 1. The Morgan fingerprint density at radius 3 is 2.03 bits per heavy atom. The van der Waals surface area contributed by atoms with Crippen LogP contribution in [0.2, 0.25) is 0 Å². The van der Waals surface area contributed by atoms with Gasteiger partial charge in [-0.15, -0.1) is 11.8 Å².